The molecule has 4 N–H and O–H groups in total. The van der Waals surface area contributed by atoms with E-state index in [1.807, 2.05) is 0 Å². The van der Waals surface area contributed by atoms with Gasteiger partial charge in [0, 0.05) is 11.1 Å². The van der Waals surface area contributed by atoms with Gasteiger partial charge in [0.05, 0.1) is 0 Å². The minimum Gasteiger partial charge on any atom is -0.508 e. The van der Waals surface area contributed by atoms with E-state index in [4.69, 9.17) is 5.73 Å². The minimum atomic E-state index is 0.0121. The van der Waals surface area contributed by atoms with Crippen molar-refractivity contribution in [3.8, 4) is 11.5 Å². The SMILES string of the molecule is Cc1c(O)ccc(CCC2(N)CC2)c1O. The molecule has 0 aliphatic heterocycles. The van der Waals surface area contributed by atoms with Gasteiger partial charge in [-0.3, -0.25) is 0 Å². The van der Waals surface area contributed by atoms with Gasteiger partial charge in [-0.05, 0) is 44.2 Å². The van der Waals surface area contributed by atoms with Crippen LogP contribution in [0.2, 0.25) is 0 Å². The van der Waals surface area contributed by atoms with Crippen molar-refractivity contribution in [2.45, 2.75) is 38.1 Å². The Morgan fingerprint density at radius 3 is 2.60 bits per heavy atom. The van der Waals surface area contributed by atoms with Crippen LogP contribution in [0.1, 0.15) is 30.4 Å². The number of phenols is 2. The van der Waals surface area contributed by atoms with E-state index in [1.165, 1.54) is 0 Å². The molecule has 1 aliphatic carbocycles. The van der Waals surface area contributed by atoms with Gasteiger partial charge in [-0.2, -0.15) is 0 Å². The summed E-state index contributed by atoms with van der Waals surface area (Å²) in [6.45, 7) is 1.71. The molecule has 1 aliphatic rings. The van der Waals surface area contributed by atoms with Crippen LogP contribution in [0.15, 0.2) is 12.1 Å². The maximum absolute atomic E-state index is 9.79. The van der Waals surface area contributed by atoms with E-state index in [1.54, 1.807) is 19.1 Å². The van der Waals surface area contributed by atoms with E-state index in [-0.39, 0.29) is 17.0 Å². The van der Waals surface area contributed by atoms with Crippen molar-refractivity contribution in [3.05, 3.63) is 23.3 Å². The highest BCUT2D eigenvalue weighted by Crippen LogP contribution is 2.38. The van der Waals surface area contributed by atoms with Crippen molar-refractivity contribution in [2.24, 2.45) is 5.73 Å². The van der Waals surface area contributed by atoms with Crippen molar-refractivity contribution < 1.29 is 10.2 Å². The lowest BCUT2D eigenvalue weighted by Gasteiger charge is -2.11. The second kappa shape index (κ2) is 3.42. The molecule has 0 spiro atoms. The van der Waals surface area contributed by atoms with Crippen LogP contribution >= 0.6 is 0 Å². The first-order valence-corrected chi connectivity index (χ1v) is 5.31. The summed E-state index contributed by atoms with van der Waals surface area (Å²) < 4.78 is 0. The fraction of sp³-hybridized carbons (Fsp3) is 0.500. The Labute approximate surface area is 89.5 Å². The van der Waals surface area contributed by atoms with Crippen LogP contribution in [0.25, 0.3) is 0 Å². The summed E-state index contributed by atoms with van der Waals surface area (Å²) in [5.41, 5.74) is 7.42. The first-order valence-electron chi connectivity index (χ1n) is 5.31. The Hall–Kier alpha value is -1.22. The van der Waals surface area contributed by atoms with Crippen molar-refractivity contribution in [1.82, 2.24) is 0 Å². The summed E-state index contributed by atoms with van der Waals surface area (Å²) in [4.78, 5) is 0. The van der Waals surface area contributed by atoms with E-state index >= 15 is 0 Å². The molecule has 1 fully saturated rings. The maximum atomic E-state index is 9.79. The number of hydrogen-bond acceptors (Lipinski definition) is 3. The van der Waals surface area contributed by atoms with Gasteiger partial charge >= 0.3 is 0 Å². The topological polar surface area (TPSA) is 66.5 Å². The highest BCUT2D eigenvalue weighted by molar-refractivity contribution is 5.47. The third-order valence-electron chi connectivity index (χ3n) is 3.27. The molecule has 15 heavy (non-hydrogen) atoms. The molecule has 0 aromatic heterocycles. The van der Waals surface area contributed by atoms with Gasteiger partial charge in [0.2, 0.25) is 0 Å². The molecule has 0 saturated heterocycles. The molecule has 3 heteroatoms. The smallest absolute Gasteiger partial charge is 0.125 e. The maximum Gasteiger partial charge on any atom is 0.125 e. The average molecular weight is 207 g/mol. The zero-order valence-corrected chi connectivity index (χ0v) is 8.95. The lowest BCUT2D eigenvalue weighted by atomic mass is 10.0. The van der Waals surface area contributed by atoms with Crippen LogP contribution in [0.3, 0.4) is 0 Å². The second-order valence-electron chi connectivity index (χ2n) is 4.58. The third-order valence-corrected chi connectivity index (χ3v) is 3.27. The lowest BCUT2D eigenvalue weighted by molar-refractivity contribution is 0.436. The summed E-state index contributed by atoms with van der Waals surface area (Å²) in [7, 11) is 0. The summed E-state index contributed by atoms with van der Waals surface area (Å²) in [5, 5.41) is 19.2. The largest absolute Gasteiger partial charge is 0.508 e. The molecule has 1 aromatic carbocycles. The first-order chi connectivity index (χ1) is 7.02. The summed E-state index contributed by atoms with van der Waals surface area (Å²) in [6, 6.07) is 3.39. The lowest BCUT2D eigenvalue weighted by Crippen LogP contribution is -2.22. The molecule has 0 bridgehead atoms. The number of nitrogens with two attached hydrogens (primary N) is 1. The number of phenolic OH excluding ortho intramolecular Hbond substituents is 2. The fourth-order valence-corrected chi connectivity index (χ4v) is 1.74. The number of aromatic hydroxyl groups is 2. The number of benzene rings is 1. The highest BCUT2D eigenvalue weighted by Gasteiger charge is 2.37. The molecule has 1 aromatic rings. The van der Waals surface area contributed by atoms with E-state index < -0.39 is 0 Å². The molecule has 0 radical (unpaired) electrons. The molecule has 0 heterocycles. The summed E-state index contributed by atoms with van der Waals surface area (Å²) in [6.07, 6.45) is 3.86. The molecule has 3 nitrogen and oxygen atoms in total. The molecule has 0 unspecified atom stereocenters. The monoisotopic (exact) mass is 207 g/mol. The van der Waals surface area contributed by atoms with Gasteiger partial charge in [0.15, 0.2) is 0 Å². The van der Waals surface area contributed by atoms with E-state index in [0.717, 1.165) is 31.2 Å². The Balaban J connectivity index is 2.11. The van der Waals surface area contributed by atoms with Crippen molar-refractivity contribution in [3.63, 3.8) is 0 Å². The predicted octanol–water partition coefficient (Wildman–Crippen LogP) is 1.83. The van der Waals surface area contributed by atoms with Crippen LogP contribution in [-0.2, 0) is 6.42 Å². The quantitative estimate of drug-likeness (QED) is 0.708. The van der Waals surface area contributed by atoms with Gasteiger partial charge in [-0.15, -0.1) is 0 Å². The van der Waals surface area contributed by atoms with Crippen molar-refractivity contribution >= 4 is 0 Å². The zero-order valence-electron chi connectivity index (χ0n) is 8.95. The summed E-state index contributed by atoms with van der Waals surface area (Å²) >= 11 is 0. The molecular weight excluding hydrogens is 190 g/mol. The molecule has 2 rings (SSSR count). The second-order valence-corrected chi connectivity index (χ2v) is 4.58. The molecule has 82 valence electrons. The highest BCUT2D eigenvalue weighted by atomic mass is 16.3. The van der Waals surface area contributed by atoms with Crippen LogP contribution in [0.5, 0.6) is 11.5 Å². The number of rotatable bonds is 3. The number of hydrogen-bond donors (Lipinski definition) is 3. The Morgan fingerprint density at radius 1 is 1.33 bits per heavy atom. The van der Waals surface area contributed by atoms with E-state index in [2.05, 4.69) is 0 Å². The molecule has 1 saturated carbocycles. The van der Waals surface area contributed by atoms with Gasteiger partial charge in [-0.1, -0.05) is 6.07 Å². The van der Waals surface area contributed by atoms with Crippen LogP contribution < -0.4 is 5.73 Å². The fourth-order valence-electron chi connectivity index (χ4n) is 1.74. The van der Waals surface area contributed by atoms with Crippen molar-refractivity contribution in [2.75, 3.05) is 0 Å². The zero-order chi connectivity index (χ0) is 11.1. The average Bonchev–Trinajstić information content (AvgIpc) is 2.93. The van der Waals surface area contributed by atoms with Gasteiger partial charge in [0.25, 0.3) is 0 Å². The van der Waals surface area contributed by atoms with Crippen LogP contribution in [-0.4, -0.2) is 15.8 Å². The van der Waals surface area contributed by atoms with Crippen LogP contribution in [0, 0.1) is 6.92 Å². The molecular formula is C12H17NO2. The molecule has 0 atom stereocenters. The number of aryl methyl sites for hydroxylation is 1. The predicted molar refractivity (Wildman–Crippen MR) is 59.0 cm³/mol. The summed E-state index contributed by atoms with van der Waals surface area (Å²) in [5.74, 6) is 0.351. The Morgan fingerprint density at radius 2 is 2.00 bits per heavy atom. The third kappa shape index (κ3) is 2.07. The minimum absolute atomic E-state index is 0.0121. The van der Waals surface area contributed by atoms with E-state index in [0.29, 0.717) is 5.56 Å². The molecule has 0 amide bonds. The van der Waals surface area contributed by atoms with Gasteiger partial charge in [-0.25, -0.2) is 0 Å². The standard InChI is InChI=1S/C12H17NO2/c1-8-10(14)3-2-9(11(8)15)4-5-12(13)6-7-12/h2-3,14-15H,4-7,13H2,1H3. The van der Waals surface area contributed by atoms with Crippen LogP contribution in [0.4, 0.5) is 0 Å². The van der Waals surface area contributed by atoms with Gasteiger partial charge < -0.3 is 15.9 Å². The first kappa shape index (κ1) is 10.3. The Bertz CT molecular complexity index is 383. The van der Waals surface area contributed by atoms with Crippen molar-refractivity contribution in [1.29, 1.82) is 0 Å². The Kier molecular flexibility index (Phi) is 2.35. The van der Waals surface area contributed by atoms with E-state index in [9.17, 15) is 10.2 Å². The van der Waals surface area contributed by atoms with Gasteiger partial charge in [0.1, 0.15) is 11.5 Å². The normalized spacial score (nSPS) is 17.7.